The third kappa shape index (κ3) is 3.18. The number of benzene rings is 1. The van der Waals surface area contributed by atoms with Crippen molar-refractivity contribution in [1.29, 1.82) is 0 Å². The zero-order valence-corrected chi connectivity index (χ0v) is 14.8. The molecule has 2 aliphatic rings. The molecule has 130 valence electrons. The first-order valence-corrected chi connectivity index (χ1v) is 9.45. The quantitative estimate of drug-likeness (QED) is 0.912. The van der Waals surface area contributed by atoms with Crippen LogP contribution in [0.2, 0.25) is 0 Å². The Kier molecular flexibility index (Phi) is 4.07. The van der Waals surface area contributed by atoms with E-state index in [-0.39, 0.29) is 11.8 Å². The van der Waals surface area contributed by atoms with Gasteiger partial charge in [-0.25, -0.2) is 4.98 Å². The molecule has 1 amide bonds. The van der Waals surface area contributed by atoms with Crippen molar-refractivity contribution in [2.45, 2.75) is 19.8 Å². The standard InChI is InChI=1S/C19H20N2O3S/c1-11-10-25-17(20-11)13-3-2-4-14(7-13)18(22)21-8-15(12-5-6-12)16(9-21)19(23)24/h2-4,7,10,12,15-16H,5-6,8-9H2,1H3,(H,23,24)/t15-,16+/m1/s1. The number of carboxylic acid groups (broad SMARTS) is 1. The summed E-state index contributed by atoms with van der Waals surface area (Å²) in [5.74, 6) is -0.709. The number of amides is 1. The smallest absolute Gasteiger partial charge is 0.308 e. The van der Waals surface area contributed by atoms with Gasteiger partial charge in [0.1, 0.15) is 5.01 Å². The highest BCUT2D eigenvalue weighted by Crippen LogP contribution is 2.44. The molecule has 1 saturated carbocycles. The lowest BCUT2D eigenvalue weighted by atomic mass is 9.92. The van der Waals surface area contributed by atoms with Crippen molar-refractivity contribution in [3.8, 4) is 10.6 Å². The van der Waals surface area contributed by atoms with E-state index in [1.807, 2.05) is 30.5 Å². The molecule has 2 fully saturated rings. The van der Waals surface area contributed by atoms with E-state index in [9.17, 15) is 14.7 Å². The second-order valence-electron chi connectivity index (χ2n) is 7.03. The third-order valence-electron chi connectivity index (χ3n) is 5.17. The fraction of sp³-hybridized carbons (Fsp3) is 0.421. The van der Waals surface area contributed by atoms with Crippen LogP contribution in [0.4, 0.5) is 0 Å². The second-order valence-corrected chi connectivity index (χ2v) is 7.89. The van der Waals surface area contributed by atoms with Crippen LogP contribution in [-0.4, -0.2) is 40.0 Å². The number of hydrogen-bond acceptors (Lipinski definition) is 4. The van der Waals surface area contributed by atoms with E-state index in [4.69, 9.17) is 0 Å². The maximum absolute atomic E-state index is 12.9. The minimum absolute atomic E-state index is 0.0791. The van der Waals surface area contributed by atoms with Gasteiger partial charge in [0.15, 0.2) is 0 Å². The van der Waals surface area contributed by atoms with Crippen LogP contribution >= 0.6 is 11.3 Å². The number of aryl methyl sites for hydroxylation is 1. The summed E-state index contributed by atoms with van der Waals surface area (Å²) in [7, 11) is 0. The Labute approximate surface area is 150 Å². The van der Waals surface area contributed by atoms with Crippen LogP contribution in [0.25, 0.3) is 10.6 Å². The van der Waals surface area contributed by atoms with Gasteiger partial charge in [0.25, 0.3) is 5.91 Å². The van der Waals surface area contributed by atoms with Gasteiger partial charge in [-0.3, -0.25) is 9.59 Å². The number of carboxylic acids is 1. The molecule has 0 unspecified atom stereocenters. The lowest BCUT2D eigenvalue weighted by Crippen LogP contribution is -2.29. The topological polar surface area (TPSA) is 70.5 Å². The Hall–Kier alpha value is -2.21. The van der Waals surface area contributed by atoms with Gasteiger partial charge in [0.05, 0.1) is 5.92 Å². The number of likely N-dealkylation sites (tertiary alicyclic amines) is 1. The first-order valence-electron chi connectivity index (χ1n) is 8.57. The van der Waals surface area contributed by atoms with Gasteiger partial charge in [-0.2, -0.15) is 0 Å². The number of aromatic nitrogens is 1. The van der Waals surface area contributed by atoms with Crippen LogP contribution in [0, 0.1) is 24.7 Å². The number of carbonyl (C=O) groups excluding carboxylic acids is 1. The first-order chi connectivity index (χ1) is 12.0. The molecule has 4 rings (SSSR count). The lowest BCUT2D eigenvalue weighted by molar-refractivity contribution is -0.142. The molecule has 1 aliphatic heterocycles. The van der Waals surface area contributed by atoms with Crippen LogP contribution in [0.3, 0.4) is 0 Å². The molecular formula is C19H20N2O3S. The van der Waals surface area contributed by atoms with E-state index >= 15 is 0 Å². The molecule has 1 aromatic carbocycles. The zero-order chi connectivity index (χ0) is 17.6. The van der Waals surface area contributed by atoms with Crippen molar-refractivity contribution in [2.24, 2.45) is 17.8 Å². The molecule has 1 N–H and O–H groups in total. The van der Waals surface area contributed by atoms with Gasteiger partial charge in [-0.1, -0.05) is 12.1 Å². The average molecular weight is 356 g/mol. The summed E-state index contributed by atoms with van der Waals surface area (Å²) in [6.45, 7) is 2.82. The summed E-state index contributed by atoms with van der Waals surface area (Å²) in [5.41, 5.74) is 2.50. The van der Waals surface area contributed by atoms with Crippen LogP contribution < -0.4 is 0 Å². The number of aliphatic carboxylic acids is 1. The predicted octanol–water partition coefficient (Wildman–Crippen LogP) is 3.30. The Morgan fingerprint density at radius 2 is 2.08 bits per heavy atom. The highest BCUT2D eigenvalue weighted by molar-refractivity contribution is 7.13. The van der Waals surface area contributed by atoms with E-state index in [0.717, 1.165) is 29.1 Å². The SMILES string of the molecule is Cc1csc(-c2cccc(C(=O)N3C[C@H](C(=O)O)[C@@H](C4CC4)C3)c2)n1. The lowest BCUT2D eigenvalue weighted by Gasteiger charge is -2.16. The summed E-state index contributed by atoms with van der Waals surface area (Å²) in [6, 6.07) is 7.47. The van der Waals surface area contributed by atoms with Gasteiger partial charge >= 0.3 is 5.97 Å². The Balaban J connectivity index is 1.56. The Morgan fingerprint density at radius 3 is 2.72 bits per heavy atom. The molecule has 2 aromatic rings. The van der Waals surface area contributed by atoms with E-state index in [0.29, 0.717) is 24.6 Å². The second kappa shape index (κ2) is 6.26. The van der Waals surface area contributed by atoms with E-state index in [2.05, 4.69) is 4.98 Å². The van der Waals surface area contributed by atoms with E-state index < -0.39 is 11.9 Å². The molecule has 2 atom stereocenters. The van der Waals surface area contributed by atoms with Gasteiger partial charge in [-0.05, 0) is 43.7 Å². The van der Waals surface area contributed by atoms with Crippen LogP contribution in [0.15, 0.2) is 29.6 Å². The van der Waals surface area contributed by atoms with Crippen LogP contribution in [0.1, 0.15) is 28.9 Å². The molecule has 25 heavy (non-hydrogen) atoms. The summed E-state index contributed by atoms with van der Waals surface area (Å²) in [4.78, 5) is 30.6. The molecule has 0 radical (unpaired) electrons. The summed E-state index contributed by atoms with van der Waals surface area (Å²) < 4.78 is 0. The van der Waals surface area contributed by atoms with Crippen molar-refractivity contribution in [1.82, 2.24) is 9.88 Å². The molecular weight excluding hydrogens is 336 g/mol. The minimum atomic E-state index is -0.779. The van der Waals surface area contributed by atoms with Crippen LogP contribution in [0.5, 0.6) is 0 Å². The number of thiazole rings is 1. The number of rotatable bonds is 4. The molecule has 1 aliphatic carbocycles. The number of nitrogens with zero attached hydrogens (tertiary/aromatic N) is 2. The molecule has 1 saturated heterocycles. The van der Waals surface area contributed by atoms with Crippen LogP contribution in [-0.2, 0) is 4.79 Å². The summed E-state index contributed by atoms with van der Waals surface area (Å²) in [5, 5.41) is 12.4. The van der Waals surface area contributed by atoms with Gasteiger partial charge < -0.3 is 10.0 Å². The normalized spacial score (nSPS) is 23.0. The monoisotopic (exact) mass is 356 g/mol. The predicted molar refractivity (Wildman–Crippen MR) is 95.5 cm³/mol. The summed E-state index contributed by atoms with van der Waals surface area (Å²) >= 11 is 1.56. The molecule has 1 aromatic heterocycles. The Morgan fingerprint density at radius 1 is 1.28 bits per heavy atom. The van der Waals surface area contributed by atoms with Gasteiger partial charge in [0, 0.05) is 35.3 Å². The largest absolute Gasteiger partial charge is 0.481 e. The van der Waals surface area contributed by atoms with Crippen molar-refractivity contribution in [3.05, 3.63) is 40.9 Å². The average Bonchev–Trinajstić information content (AvgIpc) is 3.20. The fourth-order valence-corrected chi connectivity index (χ4v) is 4.51. The van der Waals surface area contributed by atoms with Gasteiger partial charge in [-0.15, -0.1) is 11.3 Å². The maximum atomic E-state index is 12.9. The molecule has 0 bridgehead atoms. The van der Waals surface area contributed by atoms with Crippen molar-refractivity contribution in [3.63, 3.8) is 0 Å². The fourth-order valence-electron chi connectivity index (χ4n) is 3.71. The number of carbonyl (C=O) groups is 2. The summed E-state index contributed by atoms with van der Waals surface area (Å²) in [6.07, 6.45) is 2.19. The molecule has 6 heteroatoms. The van der Waals surface area contributed by atoms with Crippen molar-refractivity contribution in [2.75, 3.05) is 13.1 Å². The highest BCUT2D eigenvalue weighted by Gasteiger charge is 2.46. The van der Waals surface area contributed by atoms with Crippen molar-refractivity contribution >= 4 is 23.2 Å². The van der Waals surface area contributed by atoms with Gasteiger partial charge in [0.2, 0.25) is 0 Å². The Bertz CT molecular complexity index is 828. The first kappa shape index (κ1) is 16.3. The molecule has 5 nitrogen and oxygen atoms in total. The third-order valence-corrected chi connectivity index (χ3v) is 6.18. The number of hydrogen-bond donors (Lipinski definition) is 1. The minimum Gasteiger partial charge on any atom is -0.481 e. The van der Waals surface area contributed by atoms with Crippen molar-refractivity contribution < 1.29 is 14.7 Å². The molecule has 0 spiro atoms. The van der Waals surface area contributed by atoms with E-state index in [1.165, 1.54) is 0 Å². The molecule has 2 heterocycles. The highest BCUT2D eigenvalue weighted by atomic mass is 32.1. The zero-order valence-electron chi connectivity index (χ0n) is 14.0. The maximum Gasteiger partial charge on any atom is 0.308 e. The van der Waals surface area contributed by atoms with E-state index in [1.54, 1.807) is 22.3 Å².